The highest BCUT2D eigenvalue weighted by Gasteiger charge is 2.23. The summed E-state index contributed by atoms with van der Waals surface area (Å²) in [5.41, 5.74) is 0. The number of hydrogen-bond acceptors (Lipinski definition) is 3. The monoisotopic (exact) mass is 206 g/mol. The van der Waals surface area contributed by atoms with Gasteiger partial charge in [-0.25, -0.2) is 0 Å². The molecule has 1 saturated carbocycles. The van der Waals surface area contributed by atoms with E-state index < -0.39 is 10.1 Å². The van der Waals surface area contributed by atoms with Crippen LogP contribution in [-0.2, 0) is 14.3 Å². The Balaban J connectivity index is 2.33. The highest BCUT2D eigenvalue weighted by atomic mass is 32.2. The molecule has 0 N–H and O–H groups in total. The normalized spacial score (nSPS) is 30.3. The van der Waals surface area contributed by atoms with Crippen LogP contribution < -0.4 is 0 Å². The molecule has 0 bridgehead atoms. The maximum atomic E-state index is 10.8. The molecule has 1 aliphatic rings. The first-order valence-corrected chi connectivity index (χ1v) is 6.71. The fourth-order valence-corrected chi connectivity index (χ4v) is 2.57. The van der Waals surface area contributed by atoms with E-state index in [9.17, 15) is 8.42 Å². The second-order valence-corrected chi connectivity index (χ2v) is 5.45. The van der Waals surface area contributed by atoms with E-state index >= 15 is 0 Å². The van der Waals surface area contributed by atoms with Crippen LogP contribution in [0.4, 0.5) is 0 Å². The molecule has 1 rings (SSSR count). The molecular weight excluding hydrogens is 188 g/mol. The van der Waals surface area contributed by atoms with Crippen molar-refractivity contribution < 1.29 is 12.6 Å². The number of rotatable bonds is 3. The Morgan fingerprint density at radius 1 is 1.23 bits per heavy atom. The first-order chi connectivity index (χ1) is 6.01. The quantitative estimate of drug-likeness (QED) is 0.663. The Bertz CT molecular complexity index is 238. The van der Waals surface area contributed by atoms with Crippen molar-refractivity contribution in [2.45, 2.75) is 45.1 Å². The van der Waals surface area contributed by atoms with Gasteiger partial charge in [0.25, 0.3) is 10.1 Å². The summed E-state index contributed by atoms with van der Waals surface area (Å²) in [6.07, 6.45) is 6.27. The maximum Gasteiger partial charge on any atom is 0.264 e. The van der Waals surface area contributed by atoms with Crippen LogP contribution in [0.1, 0.15) is 39.0 Å². The summed E-state index contributed by atoms with van der Waals surface area (Å²) in [5.74, 6) is 0.777. The molecule has 0 amide bonds. The van der Waals surface area contributed by atoms with Crippen LogP contribution in [0.3, 0.4) is 0 Å². The van der Waals surface area contributed by atoms with Gasteiger partial charge in [-0.15, -0.1) is 0 Å². The molecule has 0 saturated heterocycles. The lowest BCUT2D eigenvalue weighted by molar-refractivity contribution is 0.137. The van der Waals surface area contributed by atoms with Crippen LogP contribution in [0.15, 0.2) is 0 Å². The highest BCUT2D eigenvalue weighted by molar-refractivity contribution is 7.86. The molecule has 0 radical (unpaired) electrons. The lowest BCUT2D eigenvalue weighted by Gasteiger charge is -2.26. The Hall–Kier alpha value is -0.0900. The zero-order chi connectivity index (χ0) is 9.90. The smallest absolute Gasteiger partial charge is 0.264 e. The van der Waals surface area contributed by atoms with Crippen LogP contribution in [0.25, 0.3) is 0 Å². The predicted octanol–water partition coefficient (Wildman–Crippen LogP) is 1.93. The standard InChI is InChI=1S/C9H18O3S/c1-3-8-4-6-9(7-5-8)12-13(2,10)11/h8-9H,3-7H2,1-2H3. The van der Waals surface area contributed by atoms with Gasteiger partial charge in [-0.3, -0.25) is 4.18 Å². The van der Waals surface area contributed by atoms with E-state index in [0.29, 0.717) is 0 Å². The van der Waals surface area contributed by atoms with Crippen molar-refractivity contribution in [3.63, 3.8) is 0 Å². The largest absolute Gasteiger partial charge is 0.267 e. The molecule has 1 fully saturated rings. The lowest BCUT2D eigenvalue weighted by atomic mass is 9.86. The Morgan fingerprint density at radius 2 is 1.77 bits per heavy atom. The van der Waals surface area contributed by atoms with Crippen molar-refractivity contribution in [3.05, 3.63) is 0 Å². The fourth-order valence-electron chi connectivity index (χ4n) is 1.88. The molecule has 0 spiro atoms. The van der Waals surface area contributed by atoms with Gasteiger partial charge >= 0.3 is 0 Å². The van der Waals surface area contributed by atoms with E-state index in [2.05, 4.69) is 6.92 Å². The minimum Gasteiger partial charge on any atom is -0.267 e. The Kier molecular flexibility index (Phi) is 3.74. The van der Waals surface area contributed by atoms with Crippen LogP contribution in [-0.4, -0.2) is 20.8 Å². The van der Waals surface area contributed by atoms with Gasteiger partial charge in [0, 0.05) is 0 Å². The van der Waals surface area contributed by atoms with Crippen LogP contribution in [0.5, 0.6) is 0 Å². The maximum absolute atomic E-state index is 10.8. The van der Waals surface area contributed by atoms with Crippen molar-refractivity contribution in [2.24, 2.45) is 5.92 Å². The van der Waals surface area contributed by atoms with Crippen molar-refractivity contribution in [1.29, 1.82) is 0 Å². The zero-order valence-electron chi connectivity index (χ0n) is 8.32. The third kappa shape index (κ3) is 4.09. The molecule has 0 aromatic carbocycles. The SMILES string of the molecule is CCC1CCC(OS(C)(=O)=O)CC1. The molecule has 0 heterocycles. The van der Waals surface area contributed by atoms with Crippen LogP contribution in [0.2, 0.25) is 0 Å². The van der Waals surface area contributed by atoms with E-state index in [1.165, 1.54) is 6.42 Å². The van der Waals surface area contributed by atoms with Crippen LogP contribution in [0, 0.1) is 5.92 Å². The Labute approximate surface area is 80.6 Å². The van der Waals surface area contributed by atoms with Gasteiger partial charge in [-0.1, -0.05) is 13.3 Å². The van der Waals surface area contributed by atoms with Crippen molar-refractivity contribution in [1.82, 2.24) is 0 Å². The average molecular weight is 206 g/mol. The first-order valence-electron chi connectivity index (χ1n) is 4.89. The molecule has 0 unspecified atom stereocenters. The summed E-state index contributed by atoms with van der Waals surface area (Å²) >= 11 is 0. The van der Waals surface area contributed by atoms with E-state index in [1.54, 1.807) is 0 Å². The second-order valence-electron chi connectivity index (χ2n) is 3.85. The summed E-state index contributed by atoms with van der Waals surface area (Å²) in [6, 6.07) is 0. The topological polar surface area (TPSA) is 43.4 Å². The molecule has 4 heteroatoms. The molecule has 13 heavy (non-hydrogen) atoms. The minimum atomic E-state index is -3.25. The number of hydrogen-bond donors (Lipinski definition) is 0. The van der Waals surface area contributed by atoms with Gasteiger partial charge in [0.05, 0.1) is 12.4 Å². The van der Waals surface area contributed by atoms with Crippen molar-refractivity contribution >= 4 is 10.1 Å². The van der Waals surface area contributed by atoms with Crippen LogP contribution >= 0.6 is 0 Å². The molecule has 78 valence electrons. The van der Waals surface area contributed by atoms with Crippen molar-refractivity contribution in [2.75, 3.05) is 6.26 Å². The summed E-state index contributed by atoms with van der Waals surface area (Å²) in [4.78, 5) is 0. The van der Waals surface area contributed by atoms with E-state index in [-0.39, 0.29) is 6.10 Å². The van der Waals surface area contributed by atoms with E-state index in [4.69, 9.17) is 4.18 Å². The molecule has 0 aromatic heterocycles. The third-order valence-electron chi connectivity index (χ3n) is 2.68. The fraction of sp³-hybridized carbons (Fsp3) is 1.00. The zero-order valence-corrected chi connectivity index (χ0v) is 9.14. The van der Waals surface area contributed by atoms with Gasteiger partial charge in [0.15, 0.2) is 0 Å². The Morgan fingerprint density at radius 3 is 2.15 bits per heavy atom. The van der Waals surface area contributed by atoms with E-state index in [1.807, 2.05) is 0 Å². The summed E-state index contributed by atoms with van der Waals surface area (Å²) in [6.45, 7) is 2.18. The molecule has 0 aliphatic heterocycles. The molecule has 0 atom stereocenters. The highest BCUT2D eigenvalue weighted by Crippen LogP contribution is 2.28. The summed E-state index contributed by atoms with van der Waals surface area (Å²) < 4.78 is 26.6. The minimum absolute atomic E-state index is 0.0576. The predicted molar refractivity (Wildman–Crippen MR) is 52.0 cm³/mol. The summed E-state index contributed by atoms with van der Waals surface area (Å²) in [5, 5.41) is 0. The van der Waals surface area contributed by atoms with Gasteiger partial charge < -0.3 is 0 Å². The first kappa shape index (κ1) is 11.0. The summed E-state index contributed by atoms with van der Waals surface area (Å²) in [7, 11) is -3.25. The van der Waals surface area contributed by atoms with E-state index in [0.717, 1.165) is 37.9 Å². The molecule has 1 aliphatic carbocycles. The van der Waals surface area contributed by atoms with Gasteiger partial charge in [-0.2, -0.15) is 8.42 Å². The van der Waals surface area contributed by atoms with Crippen molar-refractivity contribution in [3.8, 4) is 0 Å². The van der Waals surface area contributed by atoms with Gasteiger partial charge in [0.1, 0.15) is 0 Å². The molecule has 0 aromatic rings. The third-order valence-corrected chi connectivity index (χ3v) is 3.30. The lowest BCUT2D eigenvalue weighted by Crippen LogP contribution is -2.23. The molecule has 3 nitrogen and oxygen atoms in total. The van der Waals surface area contributed by atoms with Gasteiger partial charge in [0.2, 0.25) is 0 Å². The molecular formula is C9H18O3S. The average Bonchev–Trinajstić information content (AvgIpc) is 2.03. The second kappa shape index (κ2) is 4.42. The van der Waals surface area contributed by atoms with Gasteiger partial charge in [-0.05, 0) is 31.6 Å².